The van der Waals surface area contributed by atoms with Crippen LogP contribution in [0.5, 0.6) is 5.88 Å². The molecular formula is C32H32FN5O4. The summed E-state index contributed by atoms with van der Waals surface area (Å²) in [7, 11) is 1.38. The van der Waals surface area contributed by atoms with Crippen molar-refractivity contribution in [3.05, 3.63) is 88.6 Å². The minimum atomic E-state index is -0.472. The van der Waals surface area contributed by atoms with Crippen molar-refractivity contribution in [2.45, 2.75) is 51.0 Å². The summed E-state index contributed by atoms with van der Waals surface area (Å²) in [6.07, 6.45) is 2.04. The normalized spacial score (nSPS) is 20.3. The lowest BCUT2D eigenvalue weighted by Gasteiger charge is -2.28. The minimum absolute atomic E-state index is 0.0233. The van der Waals surface area contributed by atoms with Gasteiger partial charge in [0.2, 0.25) is 5.88 Å². The van der Waals surface area contributed by atoms with Crippen LogP contribution in [0.25, 0.3) is 11.0 Å². The van der Waals surface area contributed by atoms with Crippen molar-refractivity contribution in [3.63, 3.8) is 0 Å². The molecule has 0 bridgehead atoms. The molecule has 0 radical (unpaired) electrons. The first-order valence-electron chi connectivity index (χ1n) is 14.1. The summed E-state index contributed by atoms with van der Waals surface area (Å²) in [5.74, 6) is 0.517. The lowest BCUT2D eigenvalue weighted by molar-refractivity contribution is -0.0591. The van der Waals surface area contributed by atoms with Crippen LogP contribution < -0.4 is 4.74 Å². The van der Waals surface area contributed by atoms with E-state index in [0.717, 1.165) is 55.1 Å². The number of carbonyl (C=O) groups is 1. The van der Waals surface area contributed by atoms with Gasteiger partial charge in [-0.1, -0.05) is 19.1 Å². The van der Waals surface area contributed by atoms with Gasteiger partial charge in [-0.25, -0.2) is 19.2 Å². The molecule has 2 aliphatic rings. The Kier molecular flexibility index (Phi) is 7.62. The van der Waals surface area contributed by atoms with E-state index < -0.39 is 5.82 Å². The molecule has 0 N–H and O–H groups in total. The topological polar surface area (TPSA) is 102 Å². The molecule has 2 aromatic carbocycles. The summed E-state index contributed by atoms with van der Waals surface area (Å²) in [5, 5.41) is 8.96. The van der Waals surface area contributed by atoms with Gasteiger partial charge in [0.1, 0.15) is 18.2 Å². The highest BCUT2D eigenvalue weighted by Gasteiger charge is 2.37. The SMILES string of the molecule is COC(=O)c1ccc2nc(CN3CCC(C)(c4cccc(OCc5ccc(C#N)cc5F)n4)C3)n(CC3CCO3)c2c1. The van der Waals surface area contributed by atoms with Crippen LogP contribution in [0.4, 0.5) is 4.39 Å². The maximum absolute atomic E-state index is 14.3. The zero-order valence-electron chi connectivity index (χ0n) is 23.7. The number of hydrogen-bond acceptors (Lipinski definition) is 8. The quantitative estimate of drug-likeness (QED) is 0.266. The van der Waals surface area contributed by atoms with Gasteiger partial charge < -0.3 is 18.8 Å². The van der Waals surface area contributed by atoms with Crippen LogP contribution in [-0.2, 0) is 34.6 Å². The number of fused-ring (bicyclic) bond motifs is 1. The van der Waals surface area contributed by atoms with Crippen molar-refractivity contribution < 1.29 is 23.4 Å². The van der Waals surface area contributed by atoms with Crippen LogP contribution in [0.3, 0.4) is 0 Å². The molecule has 4 heterocycles. The molecule has 2 unspecified atom stereocenters. The third-order valence-electron chi connectivity index (χ3n) is 8.25. The number of nitriles is 1. The van der Waals surface area contributed by atoms with E-state index in [2.05, 4.69) is 16.4 Å². The van der Waals surface area contributed by atoms with Gasteiger partial charge in [0.25, 0.3) is 0 Å². The van der Waals surface area contributed by atoms with Crippen LogP contribution in [-0.4, -0.2) is 58.3 Å². The Bertz CT molecular complexity index is 1680. The summed E-state index contributed by atoms with van der Waals surface area (Å²) >= 11 is 0. The second-order valence-electron chi connectivity index (χ2n) is 11.2. The smallest absolute Gasteiger partial charge is 0.337 e. The maximum atomic E-state index is 14.3. The Morgan fingerprint density at radius 2 is 2.07 bits per heavy atom. The van der Waals surface area contributed by atoms with E-state index in [0.29, 0.717) is 30.1 Å². The number of carbonyl (C=O) groups excluding carboxylic acids is 1. The first kappa shape index (κ1) is 27.8. The first-order valence-corrected chi connectivity index (χ1v) is 14.1. The molecule has 216 valence electrons. The molecule has 0 saturated carbocycles. The second kappa shape index (κ2) is 11.5. The van der Waals surface area contributed by atoms with E-state index in [4.69, 9.17) is 29.4 Å². The fraction of sp³-hybridized carbons (Fsp3) is 0.375. The number of hydrogen-bond donors (Lipinski definition) is 0. The molecule has 0 amide bonds. The van der Waals surface area contributed by atoms with E-state index in [1.807, 2.05) is 30.3 Å². The van der Waals surface area contributed by atoms with Gasteiger partial charge in [-0.05, 0) is 55.8 Å². The van der Waals surface area contributed by atoms with Gasteiger partial charge >= 0.3 is 5.97 Å². The summed E-state index contributed by atoms with van der Waals surface area (Å²) in [6.45, 7) is 5.98. The predicted octanol–water partition coefficient (Wildman–Crippen LogP) is 4.76. The van der Waals surface area contributed by atoms with Crippen LogP contribution in [0, 0.1) is 17.1 Å². The number of methoxy groups -OCH3 is 1. The number of pyridine rings is 1. The number of likely N-dealkylation sites (tertiary alicyclic amines) is 1. The number of aromatic nitrogens is 3. The number of nitrogens with zero attached hydrogens (tertiary/aromatic N) is 5. The van der Waals surface area contributed by atoms with Crippen molar-refractivity contribution in [1.82, 2.24) is 19.4 Å². The fourth-order valence-electron chi connectivity index (χ4n) is 5.69. The van der Waals surface area contributed by atoms with Crippen LogP contribution in [0.15, 0.2) is 54.6 Å². The number of halogens is 1. The number of esters is 1. The van der Waals surface area contributed by atoms with E-state index in [1.165, 1.54) is 13.2 Å². The summed E-state index contributed by atoms with van der Waals surface area (Å²) in [4.78, 5) is 24.3. The van der Waals surface area contributed by atoms with Crippen molar-refractivity contribution in [1.29, 1.82) is 5.26 Å². The molecule has 2 fully saturated rings. The molecule has 0 aliphatic carbocycles. The molecule has 9 nitrogen and oxygen atoms in total. The molecule has 4 aromatic rings. The van der Waals surface area contributed by atoms with Gasteiger partial charge in [0.15, 0.2) is 0 Å². The largest absolute Gasteiger partial charge is 0.473 e. The highest BCUT2D eigenvalue weighted by Crippen LogP contribution is 2.35. The summed E-state index contributed by atoms with van der Waals surface area (Å²) < 4.78 is 33.0. The van der Waals surface area contributed by atoms with Gasteiger partial charge in [-0.15, -0.1) is 0 Å². The molecular weight excluding hydrogens is 537 g/mol. The number of benzene rings is 2. The second-order valence-corrected chi connectivity index (χ2v) is 11.2. The standard InChI is InChI=1S/C32H32FN5O4/c1-32(28-4-3-5-30(36-28)42-19-23-7-6-21(16-34)14-25(23)33)11-12-37(20-32)18-29-35-26-9-8-22(31(39)40-2)15-27(26)38(29)17-24-10-13-41-24/h3-9,14-15,24H,10-13,17-20H2,1-2H3. The monoisotopic (exact) mass is 569 g/mol. The first-order chi connectivity index (χ1) is 20.3. The highest BCUT2D eigenvalue weighted by atomic mass is 19.1. The third-order valence-corrected chi connectivity index (χ3v) is 8.25. The van der Waals surface area contributed by atoms with Crippen molar-refractivity contribution in [2.75, 3.05) is 26.8 Å². The van der Waals surface area contributed by atoms with E-state index >= 15 is 0 Å². The Labute approximate surface area is 243 Å². The average molecular weight is 570 g/mol. The Morgan fingerprint density at radius 1 is 1.21 bits per heavy atom. The number of ether oxygens (including phenoxy) is 3. The molecule has 2 aromatic heterocycles. The maximum Gasteiger partial charge on any atom is 0.337 e. The third kappa shape index (κ3) is 5.58. The Balaban J connectivity index is 1.18. The Morgan fingerprint density at radius 3 is 2.81 bits per heavy atom. The summed E-state index contributed by atoms with van der Waals surface area (Å²) in [5.41, 5.74) is 3.59. The van der Waals surface area contributed by atoms with Gasteiger partial charge in [-0.2, -0.15) is 5.26 Å². The molecule has 2 aliphatic heterocycles. The fourth-order valence-corrected chi connectivity index (χ4v) is 5.69. The van der Waals surface area contributed by atoms with E-state index in [1.54, 1.807) is 24.3 Å². The molecule has 2 atom stereocenters. The molecule has 2 saturated heterocycles. The van der Waals surface area contributed by atoms with Crippen molar-refractivity contribution in [2.24, 2.45) is 0 Å². The van der Waals surface area contributed by atoms with Crippen LogP contribution in [0.2, 0.25) is 0 Å². The van der Waals surface area contributed by atoms with Gasteiger partial charge in [-0.3, -0.25) is 4.90 Å². The lowest BCUT2D eigenvalue weighted by Crippen LogP contribution is -2.33. The van der Waals surface area contributed by atoms with Crippen LogP contribution >= 0.6 is 0 Å². The zero-order chi connectivity index (χ0) is 29.3. The number of rotatable bonds is 9. The zero-order valence-corrected chi connectivity index (χ0v) is 23.7. The minimum Gasteiger partial charge on any atom is -0.473 e. The Hall–Kier alpha value is -4.33. The van der Waals surface area contributed by atoms with Crippen molar-refractivity contribution in [3.8, 4) is 11.9 Å². The molecule has 6 rings (SSSR count). The van der Waals surface area contributed by atoms with Crippen molar-refractivity contribution >= 4 is 17.0 Å². The summed E-state index contributed by atoms with van der Waals surface area (Å²) in [6, 6.07) is 17.5. The number of imidazole rings is 1. The van der Waals surface area contributed by atoms with E-state index in [9.17, 15) is 9.18 Å². The lowest BCUT2D eigenvalue weighted by atomic mass is 9.85. The predicted molar refractivity (Wildman–Crippen MR) is 152 cm³/mol. The average Bonchev–Trinajstić information content (AvgIpc) is 3.53. The highest BCUT2D eigenvalue weighted by molar-refractivity contribution is 5.93. The van der Waals surface area contributed by atoms with E-state index in [-0.39, 0.29) is 29.7 Å². The van der Waals surface area contributed by atoms with Gasteiger partial charge in [0, 0.05) is 30.2 Å². The molecule has 0 spiro atoms. The van der Waals surface area contributed by atoms with Gasteiger partial charge in [0.05, 0.1) is 60.2 Å². The molecule has 10 heteroatoms. The molecule has 42 heavy (non-hydrogen) atoms. The van der Waals surface area contributed by atoms with Crippen LogP contribution in [0.1, 0.15) is 52.8 Å².